The first kappa shape index (κ1) is 18.0. The third-order valence-corrected chi connectivity index (χ3v) is 5.07. The van der Waals surface area contributed by atoms with Crippen LogP contribution in [0.25, 0.3) is 4.85 Å². The minimum atomic E-state index is -0.344. The summed E-state index contributed by atoms with van der Waals surface area (Å²) in [7, 11) is 0. The number of pyridine rings is 1. The first-order chi connectivity index (χ1) is 12.5. The van der Waals surface area contributed by atoms with Crippen LogP contribution in [0.1, 0.15) is 30.9 Å². The van der Waals surface area contributed by atoms with Crippen molar-refractivity contribution in [1.29, 1.82) is 5.26 Å². The Kier molecular flexibility index (Phi) is 4.97. The van der Waals surface area contributed by atoms with Gasteiger partial charge in [-0.15, -0.1) is 0 Å². The Bertz CT molecular complexity index is 832. The lowest BCUT2D eigenvalue weighted by Crippen LogP contribution is -2.48. The summed E-state index contributed by atoms with van der Waals surface area (Å²) in [6.07, 6.45) is 1.70. The number of hydrogen-bond acceptors (Lipinski definition) is 5. The molecular formula is C17H17ClN6O2. The van der Waals surface area contributed by atoms with Crippen molar-refractivity contribution < 1.29 is 9.59 Å². The zero-order chi connectivity index (χ0) is 18.8. The topological polar surface area (TPSA) is 93.7 Å². The number of hydrogen-bond donors (Lipinski definition) is 1. The number of carbonyl (C=O) groups is 2. The number of nitrogens with zero attached hydrogens (tertiary/aromatic N) is 5. The minimum absolute atomic E-state index is 0.0492. The maximum absolute atomic E-state index is 11.9. The molecule has 0 atom stereocenters. The highest BCUT2D eigenvalue weighted by atomic mass is 35.5. The van der Waals surface area contributed by atoms with Crippen LogP contribution in [0.4, 0.5) is 16.3 Å². The molecule has 3 amide bonds. The van der Waals surface area contributed by atoms with E-state index < -0.39 is 0 Å². The second-order valence-corrected chi connectivity index (χ2v) is 6.50. The van der Waals surface area contributed by atoms with Crippen molar-refractivity contribution in [2.75, 3.05) is 24.5 Å². The van der Waals surface area contributed by atoms with E-state index in [-0.39, 0.29) is 35.2 Å². The predicted molar refractivity (Wildman–Crippen MR) is 95.1 cm³/mol. The fourth-order valence-electron chi connectivity index (χ4n) is 3.52. The summed E-state index contributed by atoms with van der Waals surface area (Å²) in [5.41, 5.74) is 1.20. The Morgan fingerprint density at radius 1 is 1.42 bits per heavy atom. The molecule has 1 aromatic rings. The molecule has 1 N–H and O–H groups in total. The molecule has 3 heterocycles. The fourth-order valence-corrected chi connectivity index (χ4v) is 3.75. The van der Waals surface area contributed by atoms with Crippen molar-refractivity contribution in [1.82, 2.24) is 15.2 Å². The summed E-state index contributed by atoms with van der Waals surface area (Å²) in [5, 5.41) is 11.9. The van der Waals surface area contributed by atoms with Crippen molar-refractivity contribution >= 4 is 35.0 Å². The van der Waals surface area contributed by atoms with Gasteiger partial charge in [0.05, 0.1) is 18.7 Å². The van der Waals surface area contributed by atoms with Gasteiger partial charge in [0.1, 0.15) is 17.0 Å². The van der Waals surface area contributed by atoms with Gasteiger partial charge >= 0.3 is 6.03 Å². The van der Waals surface area contributed by atoms with Crippen LogP contribution in [0.15, 0.2) is 0 Å². The van der Waals surface area contributed by atoms with Gasteiger partial charge in [-0.2, -0.15) is 5.26 Å². The highest BCUT2D eigenvalue weighted by molar-refractivity contribution is 6.31. The molecule has 0 spiro atoms. The summed E-state index contributed by atoms with van der Waals surface area (Å²) in [5.74, 6) is 0.264. The molecule has 0 bridgehead atoms. The molecule has 8 nitrogen and oxygen atoms in total. The smallest absolute Gasteiger partial charge is 0.324 e. The van der Waals surface area contributed by atoms with E-state index in [9.17, 15) is 14.9 Å². The van der Waals surface area contributed by atoms with Gasteiger partial charge in [0.25, 0.3) is 0 Å². The Labute approximate surface area is 156 Å². The van der Waals surface area contributed by atoms with E-state index in [0.29, 0.717) is 49.4 Å². The largest absolute Gasteiger partial charge is 0.365 e. The van der Waals surface area contributed by atoms with Crippen molar-refractivity contribution in [3.8, 4) is 6.07 Å². The highest BCUT2D eigenvalue weighted by Gasteiger charge is 2.37. The van der Waals surface area contributed by atoms with Crippen molar-refractivity contribution in [2.45, 2.75) is 32.2 Å². The number of carbonyl (C=O) groups excluding carboxylic acids is 2. The standard InChI is InChI=1S/C17H17ClN6O2/c1-3-11-12(8-19)15(18)22-16(14(11)20-2)23-6-4-10(5-7-23)24-13(25)9-21-17(24)26/h10H,3-7,9H2,1H3,(H,21,26). The highest BCUT2D eigenvalue weighted by Crippen LogP contribution is 2.37. The minimum Gasteiger partial charge on any atom is -0.365 e. The van der Waals surface area contributed by atoms with Crippen molar-refractivity contribution in [3.05, 3.63) is 27.7 Å². The number of halogens is 1. The van der Waals surface area contributed by atoms with E-state index >= 15 is 0 Å². The Morgan fingerprint density at radius 2 is 2.12 bits per heavy atom. The van der Waals surface area contributed by atoms with Gasteiger partial charge in [-0.25, -0.2) is 14.6 Å². The van der Waals surface area contributed by atoms with Crippen molar-refractivity contribution in [3.63, 3.8) is 0 Å². The quantitative estimate of drug-likeness (QED) is 0.499. The van der Waals surface area contributed by atoms with Crippen LogP contribution in [0.5, 0.6) is 0 Å². The average Bonchev–Trinajstić information content (AvgIpc) is 2.99. The predicted octanol–water partition coefficient (Wildman–Crippen LogP) is 2.24. The second-order valence-electron chi connectivity index (χ2n) is 6.15. The molecule has 26 heavy (non-hydrogen) atoms. The number of nitrogens with one attached hydrogen (secondary N) is 1. The third kappa shape index (κ3) is 2.93. The molecule has 2 saturated heterocycles. The van der Waals surface area contributed by atoms with Crippen molar-refractivity contribution in [2.24, 2.45) is 0 Å². The number of imide groups is 1. The second kappa shape index (κ2) is 7.19. The number of rotatable bonds is 3. The van der Waals surface area contributed by atoms with Crippen LogP contribution in [0.3, 0.4) is 0 Å². The number of amides is 3. The van der Waals surface area contributed by atoms with Crippen LogP contribution in [-0.2, 0) is 11.2 Å². The molecule has 0 unspecified atom stereocenters. The lowest BCUT2D eigenvalue weighted by atomic mass is 10.0. The number of urea groups is 1. The lowest BCUT2D eigenvalue weighted by Gasteiger charge is -2.36. The molecule has 2 aliphatic rings. The van der Waals surface area contributed by atoms with Gasteiger partial charge in [-0.05, 0) is 24.8 Å². The van der Waals surface area contributed by atoms with Gasteiger partial charge in [0.2, 0.25) is 11.6 Å². The molecule has 0 radical (unpaired) electrons. The zero-order valence-corrected chi connectivity index (χ0v) is 15.0. The number of piperidine rings is 1. The molecule has 0 aliphatic carbocycles. The molecule has 134 valence electrons. The number of anilines is 1. The van der Waals surface area contributed by atoms with Gasteiger partial charge in [0, 0.05) is 19.1 Å². The Balaban J connectivity index is 1.85. The maximum Gasteiger partial charge on any atom is 0.324 e. The van der Waals surface area contributed by atoms with E-state index in [1.165, 1.54) is 4.90 Å². The summed E-state index contributed by atoms with van der Waals surface area (Å²) >= 11 is 6.16. The summed E-state index contributed by atoms with van der Waals surface area (Å²) < 4.78 is 0. The summed E-state index contributed by atoms with van der Waals surface area (Å²) in [4.78, 5) is 34.8. The first-order valence-corrected chi connectivity index (χ1v) is 8.74. The van der Waals surface area contributed by atoms with Gasteiger partial charge in [-0.3, -0.25) is 9.69 Å². The maximum atomic E-state index is 11.9. The molecule has 0 saturated carbocycles. The first-order valence-electron chi connectivity index (χ1n) is 8.36. The number of nitriles is 1. The third-order valence-electron chi connectivity index (χ3n) is 4.79. The van der Waals surface area contributed by atoms with Crippen LogP contribution >= 0.6 is 11.6 Å². The summed E-state index contributed by atoms with van der Waals surface area (Å²) in [6.45, 7) is 10.5. The van der Waals surface area contributed by atoms with E-state index in [1.54, 1.807) is 0 Å². The average molecular weight is 373 g/mol. The Hall–Kier alpha value is -2.84. The van der Waals surface area contributed by atoms with E-state index in [4.69, 9.17) is 18.2 Å². The van der Waals surface area contributed by atoms with E-state index in [1.807, 2.05) is 17.9 Å². The number of aromatic nitrogens is 1. The SMILES string of the molecule is [C-]#[N+]c1c(N2CCC(N3C(=O)CNC3=O)CC2)nc(Cl)c(C#N)c1CC. The zero-order valence-electron chi connectivity index (χ0n) is 14.3. The van der Waals surface area contributed by atoms with Gasteiger partial charge in [0.15, 0.2) is 0 Å². The molecule has 2 fully saturated rings. The normalized spacial score (nSPS) is 17.8. The van der Waals surface area contributed by atoms with Gasteiger partial charge in [-0.1, -0.05) is 18.5 Å². The van der Waals surface area contributed by atoms with E-state index in [2.05, 4.69) is 15.1 Å². The monoisotopic (exact) mass is 372 g/mol. The van der Waals surface area contributed by atoms with Crippen LogP contribution < -0.4 is 10.2 Å². The van der Waals surface area contributed by atoms with E-state index in [0.717, 1.165) is 0 Å². The summed E-state index contributed by atoms with van der Waals surface area (Å²) in [6, 6.07) is 1.53. The van der Waals surface area contributed by atoms with Crippen LogP contribution in [0.2, 0.25) is 5.15 Å². The molecular weight excluding hydrogens is 356 g/mol. The van der Waals surface area contributed by atoms with Crippen LogP contribution in [0, 0.1) is 17.9 Å². The van der Waals surface area contributed by atoms with Crippen LogP contribution in [-0.4, -0.2) is 47.5 Å². The molecule has 0 aromatic carbocycles. The lowest BCUT2D eigenvalue weighted by molar-refractivity contribution is -0.126. The molecule has 9 heteroatoms. The Morgan fingerprint density at radius 3 is 2.62 bits per heavy atom. The fraction of sp³-hybridized carbons (Fsp3) is 0.471. The molecule has 1 aromatic heterocycles. The molecule has 3 rings (SSSR count). The molecule has 2 aliphatic heterocycles. The van der Waals surface area contributed by atoms with Gasteiger partial charge < -0.3 is 10.2 Å².